The minimum absolute atomic E-state index is 0.133. The van der Waals surface area contributed by atoms with E-state index in [1.807, 2.05) is 5.38 Å². The fourth-order valence-corrected chi connectivity index (χ4v) is 2.63. The number of halogens is 1. The van der Waals surface area contributed by atoms with Crippen molar-refractivity contribution in [1.82, 2.24) is 4.98 Å². The number of rotatable bonds is 1. The maximum atomic E-state index is 13.2. The van der Waals surface area contributed by atoms with Gasteiger partial charge in [-0.15, -0.1) is 11.3 Å². The van der Waals surface area contributed by atoms with Crippen molar-refractivity contribution in [2.75, 3.05) is 0 Å². The van der Waals surface area contributed by atoms with Crippen LogP contribution in [0.2, 0.25) is 0 Å². The number of ether oxygens (including phenoxy) is 1. The summed E-state index contributed by atoms with van der Waals surface area (Å²) in [6.45, 7) is 0. The summed E-state index contributed by atoms with van der Waals surface area (Å²) in [5.41, 5.74) is 9.54. The van der Waals surface area contributed by atoms with Crippen molar-refractivity contribution in [3.8, 4) is 5.75 Å². The van der Waals surface area contributed by atoms with Gasteiger partial charge in [0.05, 0.1) is 11.2 Å². The Morgan fingerprint density at radius 3 is 3.12 bits per heavy atom. The molecule has 0 amide bonds. The quantitative estimate of drug-likeness (QED) is 0.846. The first-order chi connectivity index (χ1) is 8.24. The molecule has 2 unspecified atom stereocenters. The van der Waals surface area contributed by atoms with Crippen LogP contribution >= 0.6 is 11.3 Å². The molecule has 1 aromatic carbocycles. The van der Waals surface area contributed by atoms with Crippen LogP contribution in [0.15, 0.2) is 29.1 Å². The summed E-state index contributed by atoms with van der Waals surface area (Å²) in [7, 11) is 0. The van der Waals surface area contributed by atoms with Crippen LogP contribution in [-0.4, -0.2) is 4.98 Å². The highest BCUT2D eigenvalue weighted by atomic mass is 32.1. The molecule has 2 aromatic rings. The molecule has 1 aliphatic heterocycles. The molecule has 3 rings (SSSR count). The Bertz CT molecular complexity index is 529. The lowest BCUT2D eigenvalue weighted by Gasteiger charge is -2.29. The summed E-state index contributed by atoms with van der Waals surface area (Å²) >= 11 is 1.51. The van der Waals surface area contributed by atoms with Crippen molar-refractivity contribution in [1.29, 1.82) is 0 Å². The predicted octanol–water partition coefficient (Wildman–Crippen LogP) is 2.81. The van der Waals surface area contributed by atoms with Gasteiger partial charge in [-0.05, 0) is 6.07 Å². The zero-order chi connectivity index (χ0) is 11.8. The molecule has 0 aliphatic carbocycles. The minimum atomic E-state index is -0.310. The lowest BCUT2D eigenvalue weighted by atomic mass is 9.96. The molecule has 5 heteroatoms. The highest BCUT2D eigenvalue weighted by Gasteiger charge is 2.28. The Morgan fingerprint density at radius 2 is 2.35 bits per heavy atom. The van der Waals surface area contributed by atoms with E-state index in [0.29, 0.717) is 12.2 Å². The molecular formula is C12H11FN2OS. The summed E-state index contributed by atoms with van der Waals surface area (Å²) in [5, 5.41) is 1.93. The van der Waals surface area contributed by atoms with Crippen molar-refractivity contribution in [2.45, 2.75) is 18.6 Å². The molecule has 0 spiro atoms. The van der Waals surface area contributed by atoms with Gasteiger partial charge in [0.1, 0.15) is 17.7 Å². The number of fused-ring (bicyclic) bond motifs is 1. The van der Waals surface area contributed by atoms with E-state index in [1.165, 1.54) is 23.5 Å². The lowest BCUT2D eigenvalue weighted by Crippen LogP contribution is -2.24. The third-order valence-corrected chi connectivity index (χ3v) is 3.50. The second-order valence-corrected chi connectivity index (χ2v) is 4.76. The fourth-order valence-electron chi connectivity index (χ4n) is 2.04. The molecule has 0 fully saturated rings. The van der Waals surface area contributed by atoms with Gasteiger partial charge in [-0.3, -0.25) is 0 Å². The number of nitrogens with zero attached hydrogens (tertiary/aromatic N) is 1. The average Bonchev–Trinajstić information content (AvgIpc) is 2.81. The monoisotopic (exact) mass is 250 g/mol. The molecule has 1 aromatic heterocycles. The zero-order valence-electron chi connectivity index (χ0n) is 8.97. The second-order valence-electron chi connectivity index (χ2n) is 4.04. The minimum Gasteiger partial charge on any atom is -0.484 e. The normalized spacial score (nSPS) is 22.9. The Kier molecular flexibility index (Phi) is 2.57. The topological polar surface area (TPSA) is 48.1 Å². The first-order valence-electron chi connectivity index (χ1n) is 5.34. The third-order valence-electron chi connectivity index (χ3n) is 2.89. The first-order valence-corrected chi connectivity index (χ1v) is 6.28. The van der Waals surface area contributed by atoms with Gasteiger partial charge in [0.2, 0.25) is 0 Å². The number of aromatic nitrogens is 1. The number of hydrogen-bond donors (Lipinski definition) is 1. The van der Waals surface area contributed by atoms with Crippen LogP contribution < -0.4 is 10.5 Å². The number of thiazole rings is 1. The van der Waals surface area contributed by atoms with E-state index >= 15 is 0 Å². The van der Waals surface area contributed by atoms with Gasteiger partial charge in [0, 0.05) is 29.5 Å². The average molecular weight is 250 g/mol. The van der Waals surface area contributed by atoms with Gasteiger partial charge >= 0.3 is 0 Å². The number of hydrogen-bond acceptors (Lipinski definition) is 4. The van der Waals surface area contributed by atoms with E-state index < -0.39 is 0 Å². The Labute approximate surface area is 102 Å². The van der Waals surface area contributed by atoms with E-state index in [4.69, 9.17) is 10.5 Å². The van der Waals surface area contributed by atoms with Crippen LogP contribution in [0.25, 0.3) is 0 Å². The molecule has 17 heavy (non-hydrogen) atoms. The zero-order valence-corrected chi connectivity index (χ0v) is 9.78. The Hall–Kier alpha value is -1.46. The predicted molar refractivity (Wildman–Crippen MR) is 63.4 cm³/mol. The van der Waals surface area contributed by atoms with E-state index in [9.17, 15) is 4.39 Å². The molecule has 2 atom stereocenters. The molecule has 1 aliphatic rings. The number of nitrogens with two attached hydrogens (primary N) is 1. The third kappa shape index (κ3) is 1.92. The van der Waals surface area contributed by atoms with Crippen molar-refractivity contribution in [2.24, 2.45) is 5.73 Å². The van der Waals surface area contributed by atoms with Gasteiger partial charge in [-0.2, -0.15) is 0 Å². The van der Waals surface area contributed by atoms with Crippen LogP contribution in [0.4, 0.5) is 4.39 Å². The van der Waals surface area contributed by atoms with E-state index in [1.54, 1.807) is 11.6 Å². The molecular weight excluding hydrogens is 239 g/mol. The maximum absolute atomic E-state index is 13.2. The SMILES string of the molecule is NC1CC(c2cscn2)Oc2cc(F)ccc21. The smallest absolute Gasteiger partial charge is 0.143 e. The van der Waals surface area contributed by atoms with Crippen LogP contribution in [0.3, 0.4) is 0 Å². The van der Waals surface area contributed by atoms with Crippen molar-refractivity contribution >= 4 is 11.3 Å². The first kappa shape index (κ1) is 10.7. The molecule has 3 nitrogen and oxygen atoms in total. The summed E-state index contributed by atoms with van der Waals surface area (Å²) in [4.78, 5) is 4.21. The van der Waals surface area contributed by atoms with Crippen molar-refractivity contribution < 1.29 is 9.13 Å². The lowest BCUT2D eigenvalue weighted by molar-refractivity contribution is 0.157. The highest BCUT2D eigenvalue weighted by Crippen LogP contribution is 2.39. The van der Waals surface area contributed by atoms with Gasteiger partial charge in [0.15, 0.2) is 0 Å². The van der Waals surface area contributed by atoms with Crippen LogP contribution in [0.5, 0.6) is 5.75 Å². The van der Waals surface area contributed by atoms with Gasteiger partial charge < -0.3 is 10.5 Å². The van der Waals surface area contributed by atoms with Crippen molar-refractivity contribution in [3.63, 3.8) is 0 Å². The van der Waals surface area contributed by atoms with Crippen LogP contribution in [-0.2, 0) is 0 Å². The van der Waals surface area contributed by atoms with Crippen LogP contribution in [0, 0.1) is 5.82 Å². The van der Waals surface area contributed by atoms with Crippen molar-refractivity contribution in [3.05, 3.63) is 46.2 Å². The molecule has 0 saturated heterocycles. The summed E-state index contributed by atoms with van der Waals surface area (Å²) < 4.78 is 18.9. The Morgan fingerprint density at radius 1 is 1.47 bits per heavy atom. The fraction of sp³-hybridized carbons (Fsp3) is 0.250. The highest BCUT2D eigenvalue weighted by molar-refractivity contribution is 7.07. The number of benzene rings is 1. The van der Waals surface area contributed by atoms with Gasteiger partial charge in [-0.1, -0.05) is 6.07 Å². The van der Waals surface area contributed by atoms with Crippen LogP contribution in [0.1, 0.15) is 29.8 Å². The van der Waals surface area contributed by atoms with E-state index in [-0.39, 0.29) is 18.0 Å². The Balaban J connectivity index is 1.97. The van der Waals surface area contributed by atoms with E-state index in [0.717, 1.165) is 11.3 Å². The molecule has 0 radical (unpaired) electrons. The summed E-state index contributed by atoms with van der Waals surface area (Å²) in [5.74, 6) is 0.219. The van der Waals surface area contributed by atoms with Gasteiger partial charge in [0.25, 0.3) is 0 Å². The molecule has 88 valence electrons. The second kappa shape index (κ2) is 4.09. The standard InChI is InChI=1S/C12H11FN2OS/c13-7-1-2-8-9(14)4-12(16-11(8)3-7)10-5-17-6-15-10/h1-3,5-6,9,12H,4,14H2. The molecule has 2 N–H and O–H groups in total. The molecule has 0 bridgehead atoms. The summed E-state index contributed by atoms with van der Waals surface area (Å²) in [6.07, 6.45) is 0.494. The summed E-state index contributed by atoms with van der Waals surface area (Å²) in [6, 6.07) is 4.34. The largest absolute Gasteiger partial charge is 0.484 e. The molecule has 0 saturated carbocycles. The molecule has 2 heterocycles. The maximum Gasteiger partial charge on any atom is 0.143 e. The van der Waals surface area contributed by atoms with Gasteiger partial charge in [-0.25, -0.2) is 9.37 Å². The van der Waals surface area contributed by atoms with E-state index in [2.05, 4.69) is 4.98 Å².